The van der Waals surface area contributed by atoms with Crippen LogP contribution in [0.3, 0.4) is 0 Å². The number of rotatable bonds is 5. The lowest BCUT2D eigenvalue weighted by molar-refractivity contribution is -0.147. The Labute approximate surface area is 105 Å². The topological polar surface area (TPSA) is 26.3 Å². The third-order valence-corrected chi connectivity index (χ3v) is 3.75. The van der Waals surface area contributed by atoms with Gasteiger partial charge in [0.05, 0.1) is 12.5 Å². The molecule has 2 nitrogen and oxygen atoms in total. The van der Waals surface area contributed by atoms with Crippen molar-refractivity contribution in [1.82, 2.24) is 0 Å². The molecule has 0 aliphatic heterocycles. The quantitative estimate of drug-likeness (QED) is 0.535. The van der Waals surface area contributed by atoms with E-state index in [1.807, 2.05) is 13.8 Å². The number of hydrogen-bond donors (Lipinski definition) is 0. The van der Waals surface area contributed by atoms with Crippen LogP contribution in [0.25, 0.3) is 0 Å². The summed E-state index contributed by atoms with van der Waals surface area (Å²) < 4.78 is 5.04. The Morgan fingerprint density at radius 3 is 2.65 bits per heavy atom. The maximum absolute atomic E-state index is 11.5. The number of hydrogen-bond acceptors (Lipinski definition) is 2. The summed E-state index contributed by atoms with van der Waals surface area (Å²) in [5, 5.41) is 0. The van der Waals surface area contributed by atoms with Crippen LogP contribution in [0.5, 0.6) is 0 Å². The smallest absolute Gasteiger partial charge is 0.308 e. The molecule has 0 aromatic heterocycles. The van der Waals surface area contributed by atoms with Gasteiger partial charge in [-0.25, -0.2) is 0 Å². The highest BCUT2D eigenvalue weighted by Crippen LogP contribution is 2.31. The molecule has 0 aromatic rings. The lowest BCUT2D eigenvalue weighted by Gasteiger charge is -2.25. The molecule has 1 aliphatic rings. The summed E-state index contributed by atoms with van der Waals surface area (Å²) in [6.07, 6.45) is 6.85. The van der Waals surface area contributed by atoms with E-state index in [9.17, 15) is 4.79 Å². The van der Waals surface area contributed by atoms with E-state index in [-0.39, 0.29) is 11.9 Å². The Bertz CT molecular complexity index is 279. The van der Waals surface area contributed by atoms with E-state index in [0.29, 0.717) is 6.61 Å². The van der Waals surface area contributed by atoms with Crippen LogP contribution < -0.4 is 0 Å². The molecule has 0 N–H and O–H groups in total. The number of esters is 1. The molecule has 2 atom stereocenters. The molecule has 0 bridgehead atoms. The fraction of sp³-hybridized carbons (Fsp3) is 0.800. The van der Waals surface area contributed by atoms with Gasteiger partial charge in [0.2, 0.25) is 0 Å². The first kappa shape index (κ1) is 14.3. The van der Waals surface area contributed by atoms with Gasteiger partial charge < -0.3 is 4.74 Å². The second-order valence-corrected chi connectivity index (χ2v) is 5.50. The van der Waals surface area contributed by atoms with Crippen molar-refractivity contribution in [3.8, 4) is 0 Å². The van der Waals surface area contributed by atoms with Crippen LogP contribution in [0.2, 0.25) is 0 Å². The fourth-order valence-corrected chi connectivity index (χ4v) is 2.46. The molecule has 17 heavy (non-hydrogen) atoms. The van der Waals surface area contributed by atoms with Crippen molar-refractivity contribution in [3.63, 3.8) is 0 Å². The van der Waals surface area contributed by atoms with Crippen LogP contribution in [-0.4, -0.2) is 12.6 Å². The van der Waals surface area contributed by atoms with Gasteiger partial charge in [-0.1, -0.05) is 32.4 Å². The zero-order chi connectivity index (χ0) is 12.8. The number of allylic oxidation sites excluding steroid dienone is 2. The van der Waals surface area contributed by atoms with E-state index >= 15 is 0 Å². The zero-order valence-electron chi connectivity index (χ0n) is 11.7. The fourth-order valence-electron chi connectivity index (χ4n) is 2.46. The Kier molecular flexibility index (Phi) is 5.73. The van der Waals surface area contributed by atoms with Crippen LogP contribution >= 0.6 is 0 Å². The summed E-state index contributed by atoms with van der Waals surface area (Å²) in [5.41, 5.74) is 1.45. The summed E-state index contributed by atoms with van der Waals surface area (Å²) in [6.45, 7) is 8.90. The third kappa shape index (κ3) is 4.53. The van der Waals surface area contributed by atoms with E-state index < -0.39 is 0 Å². The van der Waals surface area contributed by atoms with Crippen molar-refractivity contribution in [2.45, 2.75) is 53.4 Å². The summed E-state index contributed by atoms with van der Waals surface area (Å²) >= 11 is 0. The van der Waals surface area contributed by atoms with Crippen molar-refractivity contribution in [1.29, 1.82) is 0 Å². The maximum Gasteiger partial charge on any atom is 0.308 e. The number of ether oxygens (including phenoxy) is 1. The Hall–Kier alpha value is -0.790. The van der Waals surface area contributed by atoms with Gasteiger partial charge in [0, 0.05) is 0 Å². The predicted octanol–water partition coefficient (Wildman–Crippen LogP) is 3.96. The standard InChI is InChI=1S/C15H26O2/c1-5-17-15(16)12(4)10-13-6-8-14(9-7-13)11(2)3/h6,11-12,14H,5,7-10H2,1-4H3. The second kappa shape index (κ2) is 6.83. The van der Waals surface area contributed by atoms with Crippen LogP contribution in [0.1, 0.15) is 53.4 Å². The number of carbonyl (C=O) groups excluding carboxylic acids is 1. The minimum atomic E-state index is -0.0561. The number of carbonyl (C=O) groups is 1. The molecular formula is C15H26O2. The minimum absolute atomic E-state index is 0.0109. The van der Waals surface area contributed by atoms with Crippen molar-refractivity contribution in [2.75, 3.05) is 6.61 Å². The Morgan fingerprint density at radius 2 is 2.18 bits per heavy atom. The first-order valence-electron chi connectivity index (χ1n) is 6.89. The molecule has 2 unspecified atom stereocenters. The highest BCUT2D eigenvalue weighted by molar-refractivity contribution is 5.72. The second-order valence-electron chi connectivity index (χ2n) is 5.50. The highest BCUT2D eigenvalue weighted by Gasteiger charge is 2.21. The van der Waals surface area contributed by atoms with Crippen molar-refractivity contribution in [3.05, 3.63) is 11.6 Å². The molecular weight excluding hydrogens is 212 g/mol. The molecule has 0 fully saturated rings. The molecule has 2 heteroatoms. The molecule has 0 radical (unpaired) electrons. The van der Waals surface area contributed by atoms with Crippen LogP contribution in [-0.2, 0) is 9.53 Å². The molecule has 0 amide bonds. The summed E-state index contributed by atoms with van der Waals surface area (Å²) in [6, 6.07) is 0. The molecule has 98 valence electrons. The van der Waals surface area contributed by atoms with Crippen LogP contribution in [0.4, 0.5) is 0 Å². The van der Waals surface area contributed by atoms with Crippen molar-refractivity contribution in [2.24, 2.45) is 17.8 Å². The average molecular weight is 238 g/mol. The molecule has 0 spiro atoms. The molecule has 0 heterocycles. The van der Waals surface area contributed by atoms with Crippen LogP contribution in [0.15, 0.2) is 11.6 Å². The minimum Gasteiger partial charge on any atom is -0.466 e. The Balaban J connectivity index is 2.41. The summed E-state index contributed by atoms with van der Waals surface area (Å²) in [4.78, 5) is 11.5. The molecule has 0 saturated heterocycles. The maximum atomic E-state index is 11.5. The van der Waals surface area contributed by atoms with Gasteiger partial charge >= 0.3 is 5.97 Å². The largest absolute Gasteiger partial charge is 0.466 e. The lowest BCUT2D eigenvalue weighted by Crippen LogP contribution is -2.17. The zero-order valence-corrected chi connectivity index (χ0v) is 11.7. The van der Waals surface area contributed by atoms with E-state index in [4.69, 9.17) is 4.74 Å². The first-order valence-corrected chi connectivity index (χ1v) is 6.89. The van der Waals surface area contributed by atoms with Crippen molar-refractivity contribution < 1.29 is 9.53 Å². The average Bonchev–Trinajstić information content (AvgIpc) is 2.30. The monoisotopic (exact) mass is 238 g/mol. The SMILES string of the molecule is CCOC(=O)C(C)CC1=CCC(C(C)C)CC1. The van der Waals surface area contributed by atoms with Gasteiger partial charge in [0.15, 0.2) is 0 Å². The molecule has 1 rings (SSSR count). The molecule has 0 saturated carbocycles. The van der Waals surface area contributed by atoms with Gasteiger partial charge in [-0.2, -0.15) is 0 Å². The van der Waals surface area contributed by atoms with E-state index in [2.05, 4.69) is 19.9 Å². The van der Waals surface area contributed by atoms with Crippen molar-refractivity contribution >= 4 is 5.97 Å². The van der Waals surface area contributed by atoms with Gasteiger partial charge in [-0.15, -0.1) is 0 Å². The van der Waals surface area contributed by atoms with Gasteiger partial charge in [-0.3, -0.25) is 4.79 Å². The Morgan fingerprint density at radius 1 is 1.47 bits per heavy atom. The van der Waals surface area contributed by atoms with E-state index in [0.717, 1.165) is 24.7 Å². The lowest BCUT2D eigenvalue weighted by atomic mass is 9.80. The molecule has 1 aliphatic carbocycles. The normalized spacial score (nSPS) is 22.2. The first-order chi connectivity index (χ1) is 8.04. The molecule has 0 aromatic carbocycles. The van der Waals surface area contributed by atoms with Gasteiger partial charge in [0.25, 0.3) is 0 Å². The van der Waals surface area contributed by atoms with E-state index in [1.165, 1.54) is 18.4 Å². The van der Waals surface area contributed by atoms with E-state index in [1.54, 1.807) is 0 Å². The predicted molar refractivity (Wildman–Crippen MR) is 70.7 cm³/mol. The third-order valence-electron chi connectivity index (χ3n) is 3.75. The van der Waals surface area contributed by atoms with Crippen LogP contribution in [0, 0.1) is 17.8 Å². The van der Waals surface area contributed by atoms with Gasteiger partial charge in [-0.05, 0) is 44.4 Å². The summed E-state index contributed by atoms with van der Waals surface area (Å²) in [5.74, 6) is 1.56. The van der Waals surface area contributed by atoms with Gasteiger partial charge in [0.1, 0.15) is 0 Å². The summed E-state index contributed by atoms with van der Waals surface area (Å²) in [7, 11) is 0. The highest BCUT2D eigenvalue weighted by atomic mass is 16.5.